The number of hydrogen-bond donors (Lipinski definition) is 2. The largest absolute Gasteiger partial charge is 0.497 e. The summed E-state index contributed by atoms with van der Waals surface area (Å²) in [4.78, 5) is 39.6. The van der Waals surface area contributed by atoms with Gasteiger partial charge in [-0.3, -0.25) is 14.4 Å². The number of benzene rings is 3. The summed E-state index contributed by atoms with van der Waals surface area (Å²) in [6.07, 6.45) is 0.919. The van der Waals surface area contributed by atoms with Crippen molar-refractivity contribution in [1.82, 2.24) is 0 Å². The fourth-order valence-electron chi connectivity index (χ4n) is 3.68. The number of rotatable bonds is 8. The fraction of sp³-hybridized carbons (Fsp3) is 0.148. The topological polar surface area (TPSA) is 97.0 Å². The van der Waals surface area contributed by atoms with Crippen LogP contribution in [0, 0.1) is 0 Å². The average Bonchev–Trinajstić information content (AvgIpc) is 3.11. The Bertz CT molecular complexity index is 1350. The zero-order valence-electron chi connectivity index (χ0n) is 19.9. The molecule has 2 N–H and O–H groups in total. The van der Waals surface area contributed by atoms with Crippen molar-refractivity contribution in [2.75, 3.05) is 29.8 Å². The Morgan fingerprint density at radius 1 is 0.889 bits per heavy atom. The Kier molecular flexibility index (Phi) is 7.26. The van der Waals surface area contributed by atoms with Crippen LogP contribution >= 0.6 is 11.6 Å². The van der Waals surface area contributed by atoms with E-state index >= 15 is 0 Å². The van der Waals surface area contributed by atoms with Gasteiger partial charge in [0.05, 0.1) is 19.9 Å². The number of amides is 3. The van der Waals surface area contributed by atoms with Crippen LogP contribution in [-0.2, 0) is 16.0 Å². The van der Waals surface area contributed by atoms with Crippen LogP contribution in [0.4, 0.5) is 17.1 Å². The second-order valence-corrected chi connectivity index (χ2v) is 8.26. The van der Waals surface area contributed by atoms with Gasteiger partial charge >= 0.3 is 0 Å². The van der Waals surface area contributed by atoms with Gasteiger partial charge in [-0.2, -0.15) is 0 Å². The highest BCUT2D eigenvalue weighted by molar-refractivity contribution is 6.53. The molecule has 9 heteroatoms. The zero-order valence-corrected chi connectivity index (χ0v) is 20.7. The van der Waals surface area contributed by atoms with Crippen LogP contribution in [0.3, 0.4) is 0 Å². The van der Waals surface area contributed by atoms with Crippen molar-refractivity contribution in [3.8, 4) is 11.5 Å². The molecule has 0 atom stereocenters. The monoisotopic (exact) mass is 505 g/mol. The first-order valence-electron chi connectivity index (χ1n) is 11.1. The minimum absolute atomic E-state index is 0.0836. The summed E-state index contributed by atoms with van der Waals surface area (Å²) in [5.41, 5.74) is 2.91. The van der Waals surface area contributed by atoms with E-state index in [1.165, 1.54) is 25.8 Å². The molecule has 3 aromatic rings. The molecule has 0 fully saturated rings. The maximum atomic E-state index is 13.2. The third kappa shape index (κ3) is 4.89. The van der Waals surface area contributed by atoms with E-state index in [0.29, 0.717) is 28.4 Å². The number of anilines is 3. The van der Waals surface area contributed by atoms with Gasteiger partial charge < -0.3 is 20.1 Å². The van der Waals surface area contributed by atoms with Crippen LogP contribution in [0.5, 0.6) is 11.5 Å². The van der Waals surface area contributed by atoms with Gasteiger partial charge in [-0.05, 0) is 60.5 Å². The van der Waals surface area contributed by atoms with Crippen molar-refractivity contribution in [2.24, 2.45) is 0 Å². The normalized spacial score (nSPS) is 13.2. The summed E-state index contributed by atoms with van der Waals surface area (Å²) in [7, 11) is 2.91. The molecule has 0 spiro atoms. The second kappa shape index (κ2) is 10.5. The summed E-state index contributed by atoms with van der Waals surface area (Å²) in [5.74, 6) is -0.858. The third-order valence-electron chi connectivity index (χ3n) is 5.69. The van der Waals surface area contributed by atoms with E-state index in [1.807, 2.05) is 24.3 Å². The van der Waals surface area contributed by atoms with Crippen molar-refractivity contribution in [1.29, 1.82) is 0 Å². The van der Waals surface area contributed by atoms with Gasteiger partial charge in [0.15, 0.2) is 0 Å². The van der Waals surface area contributed by atoms with E-state index in [4.69, 9.17) is 21.1 Å². The first kappa shape index (κ1) is 24.8. The van der Waals surface area contributed by atoms with Gasteiger partial charge in [0.1, 0.15) is 22.2 Å². The molecule has 0 radical (unpaired) electrons. The fourth-order valence-corrected chi connectivity index (χ4v) is 3.89. The molecule has 0 bridgehead atoms. The molecular formula is C27H24ClN3O5. The van der Waals surface area contributed by atoms with Crippen LogP contribution in [0.1, 0.15) is 22.8 Å². The van der Waals surface area contributed by atoms with Crippen LogP contribution in [0.25, 0.3) is 0 Å². The molecule has 0 aliphatic carbocycles. The average molecular weight is 506 g/mol. The molecule has 3 aromatic carbocycles. The molecule has 0 saturated heterocycles. The maximum Gasteiger partial charge on any atom is 0.283 e. The third-order valence-corrected chi connectivity index (χ3v) is 6.04. The van der Waals surface area contributed by atoms with Crippen LogP contribution < -0.4 is 25.0 Å². The standard InChI is InChI=1S/C27H24ClN3O5/c1-4-16-5-9-19(10-6-16)30-25(32)17-7-11-18(12-8-17)29-24-23(28)26(33)31(27(24)34)21-15-20(35-2)13-14-22(21)36-3/h5-15,29H,4H2,1-3H3,(H,30,32). The number of ether oxygens (including phenoxy) is 2. The minimum atomic E-state index is -0.694. The summed E-state index contributed by atoms with van der Waals surface area (Å²) in [6, 6.07) is 18.9. The smallest absolute Gasteiger partial charge is 0.283 e. The van der Waals surface area contributed by atoms with Gasteiger partial charge in [0, 0.05) is 23.0 Å². The molecular weight excluding hydrogens is 482 g/mol. The number of hydrogen-bond acceptors (Lipinski definition) is 6. The van der Waals surface area contributed by atoms with Gasteiger partial charge in [0.25, 0.3) is 17.7 Å². The van der Waals surface area contributed by atoms with Crippen molar-refractivity contribution in [3.05, 3.63) is 88.6 Å². The van der Waals surface area contributed by atoms with Gasteiger partial charge in [0.2, 0.25) is 0 Å². The first-order valence-corrected chi connectivity index (χ1v) is 11.5. The number of imide groups is 1. The van der Waals surface area contributed by atoms with E-state index < -0.39 is 11.8 Å². The van der Waals surface area contributed by atoms with Crippen molar-refractivity contribution in [2.45, 2.75) is 13.3 Å². The SMILES string of the molecule is CCc1ccc(NC(=O)c2ccc(NC3=C(Cl)C(=O)N(c4cc(OC)ccc4OC)C3=O)cc2)cc1. The van der Waals surface area contributed by atoms with E-state index in [1.54, 1.807) is 36.4 Å². The molecule has 1 heterocycles. The Morgan fingerprint density at radius 2 is 1.56 bits per heavy atom. The highest BCUT2D eigenvalue weighted by Crippen LogP contribution is 2.38. The van der Waals surface area contributed by atoms with Gasteiger partial charge in [-0.1, -0.05) is 30.7 Å². The number of methoxy groups -OCH3 is 2. The Labute approximate surface area is 213 Å². The highest BCUT2D eigenvalue weighted by atomic mass is 35.5. The summed E-state index contributed by atoms with van der Waals surface area (Å²) in [5, 5.41) is 5.48. The lowest BCUT2D eigenvalue weighted by Crippen LogP contribution is -2.32. The number of nitrogens with zero attached hydrogens (tertiary/aromatic N) is 1. The molecule has 0 saturated carbocycles. The van der Waals surface area contributed by atoms with E-state index in [-0.39, 0.29) is 22.3 Å². The van der Waals surface area contributed by atoms with Crippen molar-refractivity contribution in [3.63, 3.8) is 0 Å². The Hall–Kier alpha value is -4.30. The lowest BCUT2D eigenvalue weighted by atomic mass is 10.1. The number of halogens is 1. The zero-order chi connectivity index (χ0) is 25.8. The van der Waals surface area contributed by atoms with E-state index in [9.17, 15) is 14.4 Å². The molecule has 0 unspecified atom stereocenters. The van der Waals surface area contributed by atoms with Crippen LogP contribution in [0.2, 0.25) is 0 Å². The van der Waals surface area contributed by atoms with Gasteiger partial charge in [-0.25, -0.2) is 4.90 Å². The Morgan fingerprint density at radius 3 is 2.17 bits per heavy atom. The molecule has 8 nitrogen and oxygen atoms in total. The van der Waals surface area contributed by atoms with Crippen molar-refractivity contribution >= 4 is 46.4 Å². The predicted octanol–water partition coefficient (Wildman–Crippen LogP) is 4.95. The summed E-state index contributed by atoms with van der Waals surface area (Å²) < 4.78 is 10.5. The number of carbonyl (C=O) groups excluding carboxylic acids is 3. The molecule has 36 heavy (non-hydrogen) atoms. The number of nitrogens with one attached hydrogen (secondary N) is 2. The summed E-state index contributed by atoms with van der Waals surface area (Å²) >= 11 is 6.25. The Balaban J connectivity index is 1.50. The molecule has 184 valence electrons. The highest BCUT2D eigenvalue weighted by Gasteiger charge is 2.40. The maximum absolute atomic E-state index is 13.2. The second-order valence-electron chi connectivity index (χ2n) is 7.88. The number of carbonyl (C=O) groups is 3. The van der Waals surface area contributed by atoms with Crippen LogP contribution in [0.15, 0.2) is 77.5 Å². The first-order chi connectivity index (χ1) is 17.4. The summed E-state index contributed by atoms with van der Waals surface area (Å²) in [6.45, 7) is 2.06. The molecule has 1 aliphatic rings. The van der Waals surface area contributed by atoms with E-state index in [0.717, 1.165) is 11.3 Å². The van der Waals surface area contributed by atoms with E-state index in [2.05, 4.69) is 17.6 Å². The number of aryl methyl sites for hydroxylation is 1. The lowest BCUT2D eigenvalue weighted by molar-refractivity contribution is -0.120. The van der Waals surface area contributed by atoms with Crippen molar-refractivity contribution < 1.29 is 23.9 Å². The molecule has 3 amide bonds. The quantitative estimate of drug-likeness (QED) is 0.420. The molecule has 4 rings (SSSR count). The lowest BCUT2D eigenvalue weighted by Gasteiger charge is -2.19. The minimum Gasteiger partial charge on any atom is -0.497 e. The van der Waals surface area contributed by atoms with Crippen LogP contribution in [-0.4, -0.2) is 31.9 Å². The molecule has 1 aliphatic heterocycles. The van der Waals surface area contributed by atoms with Gasteiger partial charge in [-0.15, -0.1) is 0 Å². The molecule has 0 aromatic heterocycles. The predicted molar refractivity (Wildman–Crippen MR) is 139 cm³/mol.